The summed E-state index contributed by atoms with van der Waals surface area (Å²) in [5.74, 6) is 1.01. The highest BCUT2D eigenvalue weighted by molar-refractivity contribution is 7.85. The van der Waals surface area contributed by atoms with Gasteiger partial charge in [0.2, 0.25) is 0 Å². The highest BCUT2D eigenvalue weighted by atomic mass is 32.2. The number of nitrogens with two attached hydrogens (primary N) is 1. The third-order valence-corrected chi connectivity index (χ3v) is 3.43. The second-order valence-electron chi connectivity index (χ2n) is 4.06. The van der Waals surface area contributed by atoms with E-state index in [9.17, 15) is 4.21 Å². The molecule has 0 radical (unpaired) electrons. The molecule has 16 heavy (non-hydrogen) atoms. The van der Waals surface area contributed by atoms with E-state index in [2.05, 4.69) is 13.8 Å². The molecular formula is C12H19NO2S. The van der Waals surface area contributed by atoms with E-state index in [1.165, 1.54) is 0 Å². The van der Waals surface area contributed by atoms with Crippen molar-refractivity contribution >= 4 is 16.5 Å². The van der Waals surface area contributed by atoms with Gasteiger partial charge in [-0.15, -0.1) is 0 Å². The van der Waals surface area contributed by atoms with Crippen molar-refractivity contribution < 1.29 is 8.95 Å². The van der Waals surface area contributed by atoms with Crippen LogP contribution in [0.2, 0.25) is 0 Å². The number of benzene rings is 1. The van der Waals surface area contributed by atoms with E-state index in [0.717, 1.165) is 0 Å². The molecule has 1 unspecified atom stereocenters. The van der Waals surface area contributed by atoms with Gasteiger partial charge in [-0.2, -0.15) is 0 Å². The first-order valence-electron chi connectivity index (χ1n) is 5.42. The Kier molecular flexibility index (Phi) is 5.49. The topological polar surface area (TPSA) is 52.3 Å². The molecule has 1 aromatic rings. The molecule has 0 spiro atoms. The van der Waals surface area contributed by atoms with Gasteiger partial charge in [0.05, 0.1) is 28.1 Å². The fourth-order valence-electron chi connectivity index (χ4n) is 1.25. The average molecular weight is 241 g/mol. The number of ether oxygens (including phenoxy) is 1. The number of rotatable bonds is 6. The predicted molar refractivity (Wildman–Crippen MR) is 67.8 cm³/mol. The van der Waals surface area contributed by atoms with Crippen molar-refractivity contribution in [2.45, 2.75) is 18.7 Å². The lowest BCUT2D eigenvalue weighted by molar-refractivity contribution is 0.123. The van der Waals surface area contributed by atoms with E-state index in [-0.39, 0.29) is 0 Å². The Morgan fingerprint density at radius 2 is 2.06 bits per heavy atom. The highest BCUT2D eigenvalue weighted by Crippen LogP contribution is 2.15. The Bertz CT molecular complexity index is 353. The number of para-hydroxylation sites is 1. The van der Waals surface area contributed by atoms with Crippen LogP contribution in [0.1, 0.15) is 13.8 Å². The zero-order valence-corrected chi connectivity index (χ0v) is 10.6. The largest absolute Gasteiger partial charge is 0.398 e. The summed E-state index contributed by atoms with van der Waals surface area (Å²) in [6.07, 6.45) is 0. The third-order valence-electron chi connectivity index (χ3n) is 2.03. The zero-order valence-electron chi connectivity index (χ0n) is 9.81. The van der Waals surface area contributed by atoms with E-state index in [0.29, 0.717) is 35.5 Å². The lowest BCUT2D eigenvalue weighted by Crippen LogP contribution is -2.10. The number of anilines is 1. The first kappa shape index (κ1) is 13.2. The molecule has 1 rings (SSSR count). The van der Waals surface area contributed by atoms with Crippen LogP contribution in [-0.2, 0) is 15.5 Å². The van der Waals surface area contributed by atoms with Crippen LogP contribution >= 0.6 is 0 Å². The highest BCUT2D eigenvalue weighted by Gasteiger charge is 2.06. The van der Waals surface area contributed by atoms with Crippen LogP contribution < -0.4 is 5.73 Å². The predicted octanol–water partition coefficient (Wildman–Crippen LogP) is 2.05. The van der Waals surface area contributed by atoms with Crippen molar-refractivity contribution in [2.24, 2.45) is 5.92 Å². The maximum atomic E-state index is 11.9. The first-order chi connectivity index (χ1) is 7.61. The van der Waals surface area contributed by atoms with Crippen molar-refractivity contribution in [2.75, 3.05) is 24.7 Å². The minimum absolute atomic E-state index is 0.501. The summed E-state index contributed by atoms with van der Waals surface area (Å²) in [5, 5.41) is 0. The molecule has 3 nitrogen and oxygen atoms in total. The van der Waals surface area contributed by atoms with Crippen LogP contribution in [0.15, 0.2) is 29.2 Å². The molecule has 1 atom stereocenters. The fourth-order valence-corrected chi connectivity index (χ4v) is 2.30. The van der Waals surface area contributed by atoms with E-state index in [4.69, 9.17) is 10.5 Å². The van der Waals surface area contributed by atoms with Gasteiger partial charge >= 0.3 is 0 Å². The zero-order chi connectivity index (χ0) is 12.0. The smallest absolute Gasteiger partial charge is 0.0618 e. The average Bonchev–Trinajstić information content (AvgIpc) is 2.24. The van der Waals surface area contributed by atoms with Gasteiger partial charge in [0.1, 0.15) is 0 Å². The molecule has 0 bridgehead atoms. The molecule has 0 aromatic heterocycles. The molecule has 0 fully saturated rings. The Morgan fingerprint density at radius 3 is 2.69 bits per heavy atom. The van der Waals surface area contributed by atoms with Crippen LogP contribution in [0.5, 0.6) is 0 Å². The van der Waals surface area contributed by atoms with Crippen LogP contribution in [0, 0.1) is 5.92 Å². The van der Waals surface area contributed by atoms with Crippen molar-refractivity contribution in [1.82, 2.24) is 0 Å². The fraction of sp³-hybridized carbons (Fsp3) is 0.500. The Balaban J connectivity index is 2.39. The van der Waals surface area contributed by atoms with Gasteiger partial charge in [0.25, 0.3) is 0 Å². The van der Waals surface area contributed by atoms with E-state index < -0.39 is 10.8 Å². The number of nitrogen functional groups attached to an aromatic ring is 1. The minimum atomic E-state index is -1.06. The molecule has 1 aromatic carbocycles. The summed E-state index contributed by atoms with van der Waals surface area (Å²) in [6, 6.07) is 7.25. The van der Waals surface area contributed by atoms with Gasteiger partial charge in [-0.05, 0) is 18.1 Å². The van der Waals surface area contributed by atoms with Crippen LogP contribution in [-0.4, -0.2) is 23.2 Å². The SMILES string of the molecule is CC(C)COCCS(=O)c1ccccc1N. The summed E-state index contributed by atoms with van der Waals surface area (Å²) in [5.41, 5.74) is 6.33. The van der Waals surface area contributed by atoms with Gasteiger partial charge < -0.3 is 10.5 Å². The minimum Gasteiger partial charge on any atom is -0.398 e. The summed E-state index contributed by atoms with van der Waals surface area (Å²) in [7, 11) is -1.06. The maximum absolute atomic E-state index is 11.9. The van der Waals surface area contributed by atoms with E-state index >= 15 is 0 Å². The molecular weight excluding hydrogens is 222 g/mol. The molecule has 0 aliphatic carbocycles. The van der Waals surface area contributed by atoms with Crippen molar-refractivity contribution in [3.8, 4) is 0 Å². The molecule has 2 N–H and O–H groups in total. The number of hydrogen-bond donors (Lipinski definition) is 1. The second kappa shape index (κ2) is 6.66. The first-order valence-corrected chi connectivity index (χ1v) is 6.73. The Hall–Kier alpha value is -0.870. The molecule has 0 heterocycles. The monoisotopic (exact) mass is 241 g/mol. The van der Waals surface area contributed by atoms with Gasteiger partial charge in [-0.3, -0.25) is 4.21 Å². The van der Waals surface area contributed by atoms with E-state index in [1.54, 1.807) is 12.1 Å². The third kappa shape index (κ3) is 4.33. The molecule has 0 amide bonds. The summed E-state index contributed by atoms with van der Waals surface area (Å²) in [6.45, 7) is 5.40. The molecule has 4 heteroatoms. The molecule has 0 saturated carbocycles. The molecule has 0 aliphatic heterocycles. The quantitative estimate of drug-likeness (QED) is 0.612. The summed E-state index contributed by atoms with van der Waals surface area (Å²) >= 11 is 0. The lowest BCUT2D eigenvalue weighted by atomic mass is 10.2. The van der Waals surface area contributed by atoms with Crippen molar-refractivity contribution in [3.05, 3.63) is 24.3 Å². The van der Waals surface area contributed by atoms with Gasteiger partial charge in [-0.1, -0.05) is 26.0 Å². The van der Waals surface area contributed by atoms with Crippen LogP contribution in [0.3, 0.4) is 0 Å². The standard InChI is InChI=1S/C12H19NO2S/c1-10(2)9-15-7-8-16(14)12-6-4-3-5-11(12)13/h3-6,10H,7-9,13H2,1-2H3. The van der Waals surface area contributed by atoms with Gasteiger partial charge in [0.15, 0.2) is 0 Å². The Morgan fingerprint density at radius 1 is 1.38 bits per heavy atom. The second-order valence-corrected chi connectivity index (χ2v) is 5.60. The lowest BCUT2D eigenvalue weighted by Gasteiger charge is -2.07. The Labute approximate surface area is 99.4 Å². The normalized spacial score (nSPS) is 12.9. The van der Waals surface area contributed by atoms with Crippen LogP contribution in [0.25, 0.3) is 0 Å². The van der Waals surface area contributed by atoms with Crippen LogP contribution in [0.4, 0.5) is 5.69 Å². The molecule has 0 aliphatic rings. The van der Waals surface area contributed by atoms with Gasteiger partial charge in [-0.25, -0.2) is 0 Å². The number of hydrogen-bond acceptors (Lipinski definition) is 3. The van der Waals surface area contributed by atoms with E-state index in [1.807, 2.05) is 12.1 Å². The summed E-state index contributed by atoms with van der Waals surface area (Å²) in [4.78, 5) is 0.704. The van der Waals surface area contributed by atoms with Gasteiger partial charge in [0, 0.05) is 12.3 Å². The maximum Gasteiger partial charge on any atom is 0.0618 e. The summed E-state index contributed by atoms with van der Waals surface area (Å²) < 4.78 is 17.3. The molecule has 90 valence electrons. The van der Waals surface area contributed by atoms with Crippen molar-refractivity contribution in [3.63, 3.8) is 0 Å². The molecule has 0 saturated heterocycles. The van der Waals surface area contributed by atoms with Crippen molar-refractivity contribution in [1.29, 1.82) is 0 Å².